The summed E-state index contributed by atoms with van der Waals surface area (Å²) in [6.45, 7) is 1.36. The number of carbonyl (C=O) groups is 1. The average Bonchev–Trinajstić information content (AvgIpc) is 2.90. The number of hydrogen-bond donors (Lipinski definition) is 2. The minimum Gasteiger partial charge on any atom is -0.371 e. The van der Waals surface area contributed by atoms with Gasteiger partial charge in [0.1, 0.15) is 0 Å². The Morgan fingerprint density at radius 1 is 0.829 bits per heavy atom. The van der Waals surface area contributed by atoms with Crippen LogP contribution in [0, 0.1) is 0 Å². The number of aryl methyl sites for hydroxylation is 1. The van der Waals surface area contributed by atoms with Gasteiger partial charge in [0.15, 0.2) is 0 Å². The second-order valence-corrected chi connectivity index (χ2v) is 11.0. The Hall–Kier alpha value is -3.16. The van der Waals surface area contributed by atoms with Crippen LogP contribution in [0.4, 0.5) is 5.69 Å². The molecule has 1 amide bonds. The van der Waals surface area contributed by atoms with Crippen LogP contribution in [0.5, 0.6) is 0 Å². The third-order valence-electron chi connectivity index (χ3n) is 7.03. The molecule has 1 atom stereocenters. The summed E-state index contributed by atoms with van der Waals surface area (Å²) in [4.78, 5) is 15.8. The van der Waals surface area contributed by atoms with Crippen molar-refractivity contribution in [2.45, 2.75) is 49.1 Å². The number of piperidine rings is 1. The molecule has 2 aliphatic rings. The number of sulfonamides is 1. The van der Waals surface area contributed by atoms with Gasteiger partial charge in [-0.25, -0.2) is 13.1 Å². The number of nitrogens with one attached hydrogen (secondary N) is 2. The molecule has 2 N–H and O–H groups in total. The first-order chi connectivity index (χ1) is 17.0. The fourth-order valence-electron chi connectivity index (χ4n) is 5.21. The minimum atomic E-state index is -3.54. The summed E-state index contributed by atoms with van der Waals surface area (Å²) in [7, 11) is -3.54. The zero-order valence-corrected chi connectivity index (χ0v) is 20.5. The Morgan fingerprint density at radius 2 is 1.51 bits per heavy atom. The number of rotatable bonds is 6. The van der Waals surface area contributed by atoms with E-state index in [-0.39, 0.29) is 22.9 Å². The molecule has 1 heterocycles. The van der Waals surface area contributed by atoms with E-state index >= 15 is 0 Å². The van der Waals surface area contributed by atoms with Gasteiger partial charge < -0.3 is 10.2 Å². The van der Waals surface area contributed by atoms with Crippen molar-refractivity contribution in [2.75, 3.05) is 18.0 Å². The number of para-hydroxylation sites is 1. The van der Waals surface area contributed by atoms with Crippen molar-refractivity contribution < 1.29 is 13.2 Å². The molecular weight excluding hydrogens is 458 g/mol. The summed E-state index contributed by atoms with van der Waals surface area (Å²) in [5.41, 5.74) is 4.10. The Labute approximate surface area is 207 Å². The first-order valence-electron chi connectivity index (χ1n) is 12.3. The van der Waals surface area contributed by atoms with Gasteiger partial charge in [0, 0.05) is 24.8 Å². The second kappa shape index (κ2) is 10.2. The summed E-state index contributed by atoms with van der Waals surface area (Å²) in [5, 5.41) is 3.27. The Morgan fingerprint density at radius 3 is 2.31 bits per heavy atom. The van der Waals surface area contributed by atoms with Gasteiger partial charge in [0.2, 0.25) is 10.0 Å². The maximum atomic E-state index is 13.4. The molecule has 1 saturated heterocycles. The number of benzene rings is 3. The van der Waals surface area contributed by atoms with Gasteiger partial charge >= 0.3 is 0 Å². The third kappa shape index (κ3) is 5.26. The molecule has 1 aliphatic heterocycles. The van der Waals surface area contributed by atoms with E-state index in [0.717, 1.165) is 24.9 Å². The van der Waals surface area contributed by atoms with Crippen molar-refractivity contribution in [3.05, 3.63) is 95.6 Å². The van der Waals surface area contributed by atoms with Crippen LogP contribution in [0.2, 0.25) is 0 Å². The summed E-state index contributed by atoms with van der Waals surface area (Å²) in [6.07, 6.45) is 4.42. The van der Waals surface area contributed by atoms with E-state index in [1.54, 1.807) is 30.3 Å². The molecular formula is C28H31N3O3S. The van der Waals surface area contributed by atoms with Crippen LogP contribution in [0.3, 0.4) is 0 Å². The largest absolute Gasteiger partial charge is 0.371 e. The zero-order chi connectivity index (χ0) is 24.3. The fourth-order valence-corrected chi connectivity index (χ4v) is 6.53. The van der Waals surface area contributed by atoms with E-state index in [1.807, 2.05) is 30.3 Å². The molecule has 0 radical (unpaired) electrons. The van der Waals surface area contributed by atoms with E-state index in [4.69, 9.17) is 0 Å². The van der Waals surface area contributed by atoms with Crippen LogP contribution in [0.25, 0.3) is 0 Å². The number of fused-ring (bicyclic) bond motifs is 1. The lowest BCUT2D eigenvalue weighted by molar-refractivity contribution is 0.0933. The smallest absolute Gasteiger partial charge is 0.253 e. The highest BCUT2D eigenvalue weighted by Crippen LogP contribution is 2.31. The van der Waals surface area contributed by atoms with Gasteiger partial charge in [-0.3, -0.25) is 4.79 Å². The maximum absolute atomic E-state index is 13.4. The lowest BCUT2D eigenvalue weighted by Crippen LogP contribution is -2.45. The molecule has 0 aromatic heterocycles. The molecule has 1 aliphatic carbocycles. The van der Waals surface area contributed by atoms with E-state index in [0.29, 0.717) is 31.5 Å². The Bertz CT molecular complexity index is 1290. The van der Waals surface area contributed by atoms with Crippen molar-refractivity contribution in [1.29, 1.82) is 0 Å². The SMILES string of the molecule is O=C(NC1CCCc2ccccc21)c1ccccc1N1CCC(NS(=O)(=O)c2ccccc2)CC1. The third-order valence-corrected chi connectivity index (χ3v) is 8.57. The molecule has 3 aromatic carbocycles. The van der Waals surface area contributed by atoms with Gasteiger partial charge in [0.25, 0.3) is 5.91 Å². The molecule has 3 aromatic rings. The van der Waals surface area contributed by atoms with E-state index in [1.165, 1.54) is 11.1 Å². The van der Waals surface area contributed by atoms with Crippen molar-refractivity contribution in [1.82, 2.24) is 10.0 Å². The van der Waals surface area contributed by atoms with Crippen LogP contribution >= 0.6 is 0 Å². The van der Waals surface area contributed by atoms with Crippen molar-refractivity contribution >= 4 is 21.6 Å². The van der Waals surface area contributed by atoms with Crippen molar-refractivity contribution in [2.24, 2.45) is 0 Å². The van der Waals surface area contributed by atoms with Crippen LogP contribution in [-0.2, 0) is 16.4 Å². The quantitative estimate of drug-likeness (QED) is 0.537. The molecule has 6 nitrogen and oxygen atoms in total. The van der Waals surface area contributed by atoms with E-state index in [9.17, 15) is 13.2 Å². The van der Waals surface area contributed by atoms with Crippen LogP contribution in [0.1, 0.15) is 53.2 Å². The van der Waals surface area contributed by atoms with E-state index in [2.05, 4.69) is 33.1 Å². The number of hydrogen-bond acceptors (Lipinski definition) is 4. The van der Waals surface area contributed by atoms with Gasteiger partial charge in [-0.15, -0.1) is 0 Å². The predicted octanol–water partition coefficient (Wildman–Crippen LogP) is 4.44. The van der Waals surface area contributed by atoms with Crippen molar-refractivity contribution in [3.63, 3.8) is 0 Å². The zero-order valence-electron chi connectivity index (χ0n) is 19.7. The number of anilines is 1. The summed E-state index contributed by atoms with van der Waals surface area (Å²) < 4.78 is 28.2. The lowest BCUT2D eigenvalue weighted by Gasteiger charge is -2.35. The van der Waals surface area contributed by atoms with Crippen molar-refractivity contribution in [3.8, 4) is 0 Å². The maximum Gasteiger partial charge on any atom is 0.253 e. The molecule has 7 heteroatoms. The highest BCUT2D eigenvalue weighted by molar-refractivity contribution is 7.89. The molecule has 5 rings (SSSR count). The summed E-state index contributed by atoms with van der Waals surface area (Å²) in [6, 6.07) is 24.4. The van der Waals surface area contributed by atoms with Gasteiger partial charge in [-0.2, -0.15) is 0 Å². The van der Waals surface area contributed by atoms with Gasteiger partial charge in [-0.1, -0.05) is 54.6 Å². The van der Waals surface area contributed by atoms with Crippen LogP contribution in [0.15, 0.2) is 83.8 Å². The fraction of sp³-hybridized carbons (Fsp3) is 0.321. The lowest BCUT2D eigenvalue weighted by atomic mass is 9.87. The molecule has 35 heavy (non-hydrogen) atoms. The van der Waals surface area contributed by atoms with Gasteiger partial charge in [0.05, 0.1) is 16.5 Å². The average molecular weight is 490 g/mol. The number of nitrogens with zero attached hydrogens (tertiary/aromatic N) is 1. The predicted molar refractivity (Wildman–Crippen MR) is 138 cm³/mol. The molecule has 1 fully saturated rings. The summed E-state index contributed by atoms with van der Waals surface area (Å²) >= 11 is 0. The standard InChI is InChI=1S/C28H31N3O3S/c32-28(29-26-15-8-10-21-9-4-5-13-24(21)26)25-14-6-7-16-27(25)31-19-17-22(18-20-31)30-35(33,34)23-11-2-1-3-12-23/h1-7,9,11-14,16,22,26,30H,8,10,15,17-20H2,(H,29,32). The molecule has 1 unspecified atom stereocenters. The van der Waals surface area contributed by atoms with Crippen LogP contribution < -0.4 is 14.9 Å². The second-order valence-electron chi connectivity index (χ2n) is 9.33. The Kier molecular flexibility index (Phi) is 6.88. The topological polar surface area (TPSA) is 78.5 Å². The number of amides is 1. The Balaban J connectivity index is 1.25. The number of carbonyl (C=O) groups excluding carboxylic acids is 1. The van der Waals surface area contributed by atoms with Crippen LogP contribution in [-0.4, -0.2) is 33.5 Å². The van der Waals surface area contributed by atoms with Gasteiger partial charge in [-0.05, 0) is 67.5 Å². The first kappa shape index (κ1) is 23.6. The molecule has 0 saturated carbocycles. The normalized spacial score (nSPS) is 18.6. The minimum absolute atomic E-state index is 0.0265. The molecule has 0 bridgehead atoms. The highest BCUT2D eigenvalue weighted by atomic mass is 32.2. The molecule has 0 spiro atoms. The monoisotopic (exact) mass is 489 g/mol. The highest BCUT2D eigenvalue weighted by Gasteiger charge is 2.28. The summed E-state index contributed by atoms with van der Waals surface area (Å²) in [5.74, 6) is -0.0609. The first-order valence-corrected chi connectivity index (χ1v) is 13.8. The molecule has 182 valence electrons. The van der Waals surface area contributed by atoms with E-state index < -0.39 is 10.0 Å².